The maximum atomic E-state index is 2.46. The SMILES string of the molecule is c1ccc(-c2ccc3c(c2)c2ccc(-c4ccc5c(c4)c4ccccc4n5-c4ccccc4)cc2n3-c2ccc(-c3c4ccccc4c(-c4ccccc4)c4ccccc34)cc2)cc1. The second kappa shape index (κ2) is 14.6. The van der Waals surface area contributed by atoms with Gasteiger partial charge >= 0.3 is 0 Å². The van der Waals surface area contributed by atoms with Gasteiger partial charge in [-0.15, -0.1) is 0 Å². The molecule has 13 aromatic rings. The minimum atomic E-state index is 1.13. The second-order valence-electron chi connectivity index (χ2n) is 16.8. The lowest BCUT2D eigenvalue weighted by Gasteiger charge is -2.18. The van der Waals surface area contributed by atoms with Crippen LogP contribution < -0.4 is 0 Å². The average molecular weight is 813 g/mol. The molecule has 0 atom stereocenters. The highest BCUT2D eigenvalue weighted by Gasteiger charge is 2.19. The largest absolute Gasteiger partial charge is 0.309 e. The monoisotopic (exact) mass is 812 g/mol. The number of hydrogen-bond acceptors (Lipinski definition) is 0. The predicted molar refractivity (Wildman–Crippen MR) is 272 cm³/mol. The molecule has 64 heavy (non-hydrogen) atoms. The molecule has 0 radical (unpaired) electrons. The molecule has 0 saturated carbocycles. The second-order valence-corrected chi connectivity index (χ2v) is 16.8. The van der Waals surface area contributed by atoms with E-state index in [4.69, 9.17) is 0 Å². The Hall–Kier alpha value is -8.46. The van der Waals surface area contributed by atoms with Crippen LogP contribution in [0, 0.1) is 0 Å². The lowest BCUT2D eigenvalue weighted by atomic mass is 9.86. The van der Waals surface area contributed by atoms with E-state index in [-0.39, 0.29) is 0 Å². The van der Waals surface area contributed by atoms with E-state index in [9.17, 15) is 0 Å². The molecule has 2 heterocycles. The van der Waals surface area contributed by atoms with Gasteiger partial charge in [-0.1, -0.05) is 182 Å². The summed E-state index contributed by atoms with van der Waals surface area (Å²) in [7, 11) is 0. The smallest absolute Gasteiger partial charge is 0.0547 e. The molecule has 0 amide bonds. The van der Waals surface area contributed by atoms with Crippen molar-refractivity contribution in [3.63, 3.8) is 0 Å². The number of nitrogens with zero attached hydrogens (tertiary/aromatic N) is 2. The molecule has 2 heteroatoms. The Morgan fingerprint density at radius 3 is 1.12 bits per heavy atom. The van der Waals surface area contributed by atoms with Gasteiger partial charge in [0, 0.05) is 32.9 Å². The minimum absolute atomic E-state index is 1.13. The van der Waals surface area contributed by atoms with Gasteiger partial charge in [0.25, 0.3) is 0 Å². The number of rotatable bonds is 6. The molecule has 2 nitrogen and oxygen atoms in total. The summed E-state index contributed by atoms with van der Waals surface area (Å²) in [5.74, 6) is 0. The van der Waals surface area contributed by atoms with Crippen molar-refractivity contribution in [1.82, 2.24) is 9.13 Å². The first-order valence-electron chi connectivity index (χ1n) is 22.1. The fraction of sp³-hybridized carbons (Fsp3) is 0. The van der Waals surface area contributed by atoms with Crippen molar-refractivity contribution in [3.05, 3.63) is 243 Å². The maximum Gasteiger partial charge on any atom is 0.0547 e. The van der Waals surface area contributed by atoms with Gasteiger partial charge < -0.3 is 9.13 Å². The molecule has 0 spiro atoms. The Bertz CT molecular complexity index is 3860. The maximum absolute atomic E-state index is 2.46. The zero-order chi connectivity index (χ0) is 42.1. The molecule has 0 aliphatic heterocycles. The van der Waals surface area contributed by atoms with Crippen molar-refractivity contribution < 1.29 is 0 Å². The summed E-state index contributed by atoms with van der Waals surface area (Å²) in [5, 5.41) is 10.0. The molecule has 0 saturated heterocycles. The Morgan fingerprint density at radius 1 is 0.188 bits per heavy atom. The van der Waals surface area contributed by atoms with E-state index in [0.29, 0.717) is 0 Å². The third-order valence-electron chi connectivity index (χ3n) is 13.3. The van der Waals surface area contributed by atoms with Crippen molar-refractivity contribution in [2.75, 3.05) is 0 Å². The van der Waals surface area contributed by atoms with Gasteiger partial charge in [0.15, 0.2) is 0 Å². The lowest BCUT2D eigenvalue weighted by molar-refractivity contribution is 1.18. The third kappa shape index (κ3) is 5.66. The molecule has 0 unspecified atom stereocenters. The molecule has 11 aromatic carbocycles. The Kier molecular flexibility index (Phi) is 8.25. The van der Waals surface area contributed by atoms with Crippen LogP contribution in [0.4, 0.5) is 0 Å². The van der Waals surface area contributed by atoms with E-state index < -0.39 is 0 Å². The van der Waals surface area contributed by atoms with Crippen LogP contribution in [0.25, 0.3) is 121 Å². The third-order valence-corrected chi connectivity index (χ3v) is 13.3. The molecule has 0 aliphatic carbocycles. The zero-order valence-electron chi connectivity index (χ0n) is 35.0. The Balaban J connectivity index is 1.000. The fourth-order valence-corrected chi connectivity index (χ4v) is 10.4. The molecule has 2 aromatic heterocycles. The van der Waals surface area contributed by atoms with Gasteiger partial charge in [0.05, 0.1) is 22.1 Å². The molecule has 298 valence electrons. The van der Waals surface area contributed by atoms with E-state index >= 15 is 0 Å². The van der Waals surface area contributed by atoms with E-state index in [0.717, 1.165) is 5.69 Å². The lowest BCUT2D eigenvalue weighted by Crippen LogP contribution is -1.95. The number of hydrogen-bond donors (Lipinski definition) is 0. The summed E-state index contributed by atoms with van der Waals surface area (Å²) in [6.07, 6.45) is 0. The summed E-state index contributed by atoms with van der Waals surface area (Å²) in [6, 6.07) is 89.0. The van der Waals surface area contributed by atoms with Crippen LogP contribution >= 0.6 is 0 Å². The van der Waals surface area contributed by atoms with E-state index in [1.807, 2.05) is 0 Å². The van der Waals surface area contributed by atoms with Crippen molar-refractivity contribution in [1.29, 1.82) is 0 Å². The van der Waals surface area contributed by atoms with Crippen molar-refractivity contribution in [3.8, 4) is 55.9 Å². The highest BCUT2D eigenvalue weighted by atomic mass is 15.0. The number of fused-ring (bicyclic) bond motifs is 8. The average Bonchev–Trinajstić information content (AvgIpc) is 3.88. The standard InChI is InChI=1S/C62H40N2/c1-4-16-41(17-5-1)44-31-36-59-56(38-44)50-35-30-46(45-32-37-58-55(39-45)49-22-14-15-27-57(49)63(58)47-20-8-3-9-21-47)40-60(50)64(59)48-33-28-43(29-34-48)62-53-25-12-10-23-51(53)61(42-18-6-2-7-19-42)52-24-11-13-26-54(52)62/h1-40H. The van der Waals surface area contributed by atoms with Crippen molar-refractivity contribution >= 4 is 65.2 Å². The normalized spacial score (nSPS) is 11.8. The summed E-state index contributed by atoms with van der Waals surface area (Å²) in [5.41, 5.74) is 16.9. The molecule has 13 rings (SSSR count). The summed E-state index contributed by atoms with van der Waals surface area (Å²) >= 11 is 0. The molecule has 0 bridgehead atoms. The number of benzene rings is 11. The zero-order valence-corrected chi connectivity index (χ0v) is 35.0. The van der Waals surface area contributed by atoms with Gasteiger partial charge in [0.1, 0.15) is 0 Å². The van der Waals surface area contributed by atoms with Crippen LogP contribution in [-0.4, -0.2) is 9.13 Å². The van der Waals surface area contributed by atoms with Crippen LogP contribution in [-0.2, 0) is 0 Å². The van der Waals surface area contributed by atoms with Crippen LogP contribution in [0.5, 0.6) is 0 Å². The number of aromatic nitrogens is 2. The topological polar surface area (TPSA) is 9.86 Å². The molecular formula is C62H40N2. The first kappa shape index (κ1) is 36.2. The first-order chi connectivity index (χ1) is 31.8. The van der Waals surface area contributed by atoms with Crippen LogP contribution in [0.2, 0.25) is 0 Å². The van der Waals surface area contributed by atoms with Gasteiger partial charge in [-0.2, -0.15) is 0 Å². The Labute approximate surface area is 371 Å². The van der Waals surface area contributed by atoms with E-state index in [1.165, 1.54) is 115 Å². The number of para-hydroxylation sites is 2. The minimum Gasteiger partial charge on any atom is -0.309 e. The van der Waals surface area contributed by atoms with Crippen LogP contribution in [0.15, 0.2) is 243 Å². The summed E-state index contributed by atoms with van der Waals surface area (Å²) in [4.78, 5) is 0. The van der Waals surface area contributed by atoms with E-state index in [1.54, 1.807) is 0 Å². The Morgan fingerprint density at radius 2 is 0.547 bits per heavy atom. The molecule has 0 fully saturated rings. The van der Waals surface area contributed by atoms with Gasteiger partial charge in [0.2, 0.25) is 0 Å². The highest BCUT2D eigenvalue weighted by molar-refractivity contribution is 6.21. The quantitative estimate of drug-likeness (QED) is 0.148. The first-order valence-corrected chi connectivity index (χ1v) is 22.1. The van der Waals surface area contributed by atoms with E-state index in [2.05, 4.69) is 252 Å². The highest BCUT2D eigenvalue weighted by Crippen LogP contribution is 2.45. The van der Waals surface area contributed by atoms with Gasteiger partial charge in [-0.3, -0.25) is 0 Å². The molecule has 0 N–H and O–H groups in total. The predicted octanol–water partition coefficient (Wildman–Crippen LogP) is 16.9. The van der Waals surface area contributed by atoms with Gasteiger partial charge in [-0.05, 0) is 127 Å². The van der Waals surface area contributed by atoms with Crippen molar-refractivity contribution in [2.45, 2.75) is 0 Å². The molecule has 0 aliphatic rings. The van der Waals surface area contributed by atoms with Crippen LogP contribution in [0.3, 0.4) is 0 Å². The van der Waals surface area contributed by atoms with Crippen molar-refractivity contribution in [2.24, 2.45) is 0 Å². The summed E-state index contributed by atoms with van der Waals surface area (Å²) in [6.45, 7) is 0. The van der Waals surface area contributed by atoms with Gasteiger partial charge in [-0.25, -0.2) is 0 Å². The van der Waals surface area contributed by atoms with Crippen LogP contribution in [0.1, 0.15) is 0 Å². The fourth-order valence-electron chi connectivity index (χ4n) is 10.4. The molecular weight excluding hydrogens is 773 g/mol. The summed E-state index contributed by atoms with van der Waals surface area (Å²) < 4.78 is 4.84.